The summed E-state index contributed by atoms with van der Waals surface area (Å²) in [5.41, 5.74) is 0.127. The Morgan fingerprint density at radius 3 is 2.19 bits per heavy atom. The van der Waals surface area contributed by atoms with Gasteiger partial charge >= 0.3 is 0 Å². The molecule has 108 valence electrons. The van der Waals surface area contributed by atoms with E-state index in [1.807, 2.05) is 0 Å². The first-order valence-corrected chi connectivity index (χ1v) is 7.21. The van der Waals surface area contributed by atoms with Crippen molar-refractivity contribution in [3.05, 3.63) is 70.0 Å². The predicted octanol–water partition coefficient (Wildman–Crippen LogP) is 2.72. The monoisotopic (exact) mass is 307 g/mol. The van der Waals surface area contributed by atoms with Crippen LogP contribution in [-0.2, 0) is 10.8 Å². The largest absolute Gasteiger partial charge is 0.293 e. The van der Waals surface area contributed by atoms with Crippen molar-refractivity contribution in [2.45, 2.75) is 4.90 Å². The second kappa shape index (κ2) is 6.36. The maximum atomic E-state index is 12.8. The summed E-state index contributed by atoms with van der Waals surface area (Å²) in [6, 6.07) is 10.1. The summed E-state index contributed by atoms with van der Waals surface area (Å²) >= 11 is 0. The summed E-state index contributed by atoms with van der Waals surface area (Å²) < 4.78 is 24.7. The van der Waals surface area contributed by atoms with Crippen molar-refractivity contribution in [3.63, 3.8) is 0 Å². The highest BCUT2D eigenvalue weighted by atomic mass is 32.2. The van der Waals surface area contributed by atoms with Gasteiger partial charge < -0.3 is 0 Å². The number of nitrogens with zero attached hydrogens (tertiary/aromatic N) is 1. The molecule has 0 amide bonds. The zero-order valence-electron chi connectivity index (χ0n) is 10.7. The van der Waals surface area contributed by atoms with Gasteiger partial charge in [-0.3, -0.25) is 19.1 Å². The van der Waals surface area contributed by atoms with Gasteiger partial charge in [-0.25, -0.2) is 4.39 Å². The molecule has 0 radical (unpaired) electrons. The van der Waals surface area contributed by atoms with E-state index in [2.05, 4.69) is 0 Å². The number of halogens is 1. The second-order valence-corrected chi connectivity index (χ2v) is 5.62. The number of ketones is 1. The molecule has 2 rings (SSSR count). The number of nitro groups is 1. The predicted molar refractivity (Wildman–Crippen MR) is 75.1 cm³/mol. The molecule has 5 nitrogen and oxygen atoms in total. The zero-order valence-corrected chi connectivity index (χ0v) is 11.5. The molecule has 0 saturated heterocycles. The van der Waals surface area contributed by atoms with E-state index < -0.39 is 27.3 Å². The molecule has 0 aromatic heterocycles. The second-order valence-electron chi connectivity index (χ2n) is 4.17. The first kappa shape index (κ1) is 15.0. The van der Waals surface area contributed by atoms with Crippen LogP contribution in [0.1, 0.15) is 10.4 Å². The van der Waals surface area contributed by atoms with Crippen LogP contribution in [0, 0.1) is 15.9 Å². The van der Waals surface area contributed by atoms with E-state index in [9.17, 15) is 23.5 Å². The SMILES string of the molecule is O=C(CS(=O)c1ccc(F)cc1)c1ccc([N+](=O)[O-])cc1. The number of non-ortho nitro benzene ring substituents is 1. The van der Waals surface area contributed by atoms with Crippen LogP contribution in [0.25, 0.3) is 0 Å². The van der Waals surface area contributed by atoms with Crippen LogP contribution < -0.4 is 0 Å². The van der Waals surface area contributed by atoms with Gasteiger partial charge in [0.2, 0.25) is 0 Å². The van der Waals surface area contributed by atoms with Crippen LogP contribution in [0.5, 0.6) is 0 Å². The van der Waals surface area contributed by atoms with Gasteiger partial charge in [-0.15, -0.1) is 0 Å². The van der Waals surface area contributed by atoms with Crippen LogP contribution >= 0.6 is 0 Å². The number of nitro benzene ring substituents is 1. The fraction of sp³-hybridized carbons (Fsp3) is 0.0714. The number of Topliss-reactive ketones (excluding diaryl/α,β-unsaturated/α-hetero) is 1. The molecule has 2 aromatic rings. The van der Waals surface area contributed by atoms with Gasteiger partial charge in [0.25, 0.3) is 5.69 Å². The van der Waals surface area contributed by atoms with Crippen molar-refractivity contribution < 1.29 is 18.3 Å². The summed E-state index contributed by atoms with van der Waals surface area (Å²) in [5, 5.41) is 10.5. The molecule has 0 bridgehead atoms. The van der Waals surface area contributed by atoms with Crippen molar-refractivity contribution >= 4 is 22.3 Å². The van der Waals surface area contributed by atoms with Crippen LogP contribution in [0.3, 0.4) is 0 Å². The van der Waals surface area contributed by atoms with Crippen molar-refractivity contribution in [1.29, 1.82) is 0 Å². The minimum atomic E-state index is -1.59. The highest BCUT2D eigenvalue weighted by Gasteiger charge is 2.14. The summed E-state index contributed by atoms with van der Waals surface area (Å²) in [6.07, 6.45) is 0. The van der Waals surface area contributed by atoms with E-state index in [1.165, 1.54) is 48.5 Å². The van der Waals surface area contributed by atoms with E-state index in [4.69, 9.17) is 0 Å². The number of benzene rings is 2. The van der Waals surface area contributed by atoms with Crippen LogP contribution in [0.15, 0.2) is 53.4 Å². The van der Waals surface area contributed by atoms with E-state index in [1.54, 1.807) is 0 Å². The molecule has 0 spiro atoms. The fourth-order valence-electron chi connectivity index (χ4n) is 1.64. The minimum absolute atomic E-state index is 0.119. The maximum absolute atomic E-state index is 12.8. The number of carbonyl (C=O) groups excluding carboxylic acids is 1. The van der Waals surface area contributed by atoms with Crippen molar-refractivity contribution in [1.82, 2.24) is 0 Å². The highest BCUT2D eigenvalue weighted by molar-refractivity contribution is 7.85. The standard InChI is InChI=1S/C14H10FNO4S/c15-11-3-7-13(8-4-11)21(20)9-14(17)10-1-5-12(6-2-10)16(18)19/h1-8H,9H2. The average molecular weight is 307 g/mol. The van der Waals surface area contributed by atoms with Crippen LogP contribution in [0.4, 0.5) is 10.1 Å². The topological polar surface area (TPSA) is 77.3 Å². The molecule has 1 atom stereocenters. The molecule has 7 heteroatoms. The molecular weight excluding hydrogens is 297 g/mol. The third-order valence-electron chi connectivity index (χ3n) is 2.74. The van der Waals surface area contributed by atoms with E-state index in [0.717, 1.165) is 0 Å². The summed E-state index contributed by atoms with van der Waals surface area (Å²) in [4.78, 5) is 22.2. The molecule has 0 saturated carbocycles. The number of carbonyl (C=O) groups is 1. The third kappa shape index (κ3) is 3.79. The average Bonchev–Trinajstić information content (AvgIpc) is 2.47. The van der Waals surface area contributed by atoms with Crippen molar-refractivity contribution in [2.75, 3.05) is 5.75 Å². The molecule has 0 heterocycles. The Morgan fingerprint density at radius 1 is 1.10 bits per heavy atom. The van der Waals surface area contributed by atoms with Crippen molar-refractivity contribution in [3.8, 4) is 0 Å². The summed E-state index contributed by atoms with van der Waals surface area (Å²) in [7, 11) is -1.59. The number of hydrogen-bond donors (Lipinski definition) is 0. The van der Waals surface area contributed by atoms with Crippen LogP contribution in [0.2, 0.25) is 0 Å². The number of hydrogen-bond acceptors (Lipinski definition) is 4. The lowest BCUT2D eigenvalue weighted by molar-refractivity contribution is -0.384. The molecule has 0 fully saturated rings. The normalized spacial score (nSPS) is 11.9. The molecule has 2 aromatic carbocycles. The zero-order chi connectivity index (χ0) is 15.4. The molecule has 0 aliphatic rings. The van der Waals surface area contributed by atoms with Crippen molar-refractivity contribution in [2.24, 2.45) is 0 Å². The maximum Gasteiger partial charge on any atom is 0.269 e. The van der Waals surface area contributed by atoms with E-state index in [-0.39, 0.29) is 17.0 Å². The van der Waals surface area contributed by atoms with Gasteiger partial charge in [-0.1, -0.05) is 0 Å². The molecule has 0 aliphatic carbocycles. The Balaban J connectivity index is 2.08. The summed E-state index contributed by atoms with van der Waals surface area (Å²) in [5.74, 6) is -1.10. The van der Waals surface area contributed by atoms with Gasteiger partial charge in [0.1, 0.15) is 5.82 Å². The smallest absolute Gasteiger partial charge is 0.269 e. The Bertz CT molecular complexity index is 698. The first-order valence-electron chi connectivity index (χ1n) is 5.89. The number of rotatable bonds is 5. The van der Waals surface area contributed by atoms with Gasteiger partial charge in [-0.2, -0.15) is 0 Å². The lowest BCUT2D eigenvalue weighted by atomic mass is 10.1. The molecule has 21 heavy (non-hydrogen) atoms. The van der Waals surface area contributed by atoms with E-state index in [0.29, 0.717) is 4.90 Å². The molecule has 0 N–H and O–H groups in total. The fourth-order valence-corrected chi connectivity index (χ4v) is 2.65. The Hall–Kier alpha value is -2.41. The highest BCUT2D eigenvalue weighted by Crippen LogP contribution is 2.14. The minimum Gasteiger partial charge on any atom is -0.293 e. The lowest BCUT2D eigenvalue weighted by Crippen LogP contribution is -2.11. The van der Waals surface area contributed by atoms with Gasteiger partial charge in [0.15, 0.2) is 5.78 Å². The van der Waals surface area contributed by atoms with E-state index >= 15 is 0 Å². The molecular formula is C14H10FNO4S. The van der Waals surface area contributed by atoms with Crippen LogP contribution in [-0.4, -0.2) is 20.7 Å². The molecule has 1 unspecified atom stereocenters. The Kier molecular flexibility index (Phi) is 4.54. The lowest BCUT2D eigenvalue weighted by Gasteiger charge is -2.02. The molecule has 0 aliphatic heterocycles. The first-order chi connectivity index (χ1) is 9.97. The quantitative estimate of drug-likeness (QED) is 0.483. The van der Waals surface area contributed by atoms with Gasteiger partial charge in [-0.05, 0) is 36.4 Å². The van der Waals surface area contributed by atoms with Gasteiger partial charge in [0, 0.05) is 22.6 Å². The summed E-state index contributed by atoms with van der Waals surface area (Å²) in [6.45, 7) is 0. The Labute approximate surface area is 122 Å². The van der Waals surface area contributed by atoms with Gasteiger partial charge in [0.05, 0.1) is 21.5 Å². The third-order valence-corrected chi connectivity index (χ3v) is 4.06. The Morgan fingerprint density at radius 2 is 1.67 bits per heavy atom.